The highest BCUT2D eigenvalue weighted by molar-refractivity contribution is 5.90. The summed E-state index contributed by atoms with van der Waals surface area (Å²) < 4.78 is 10.8. The molecule has 5 nitrogen and oxygen atoms in total. The molecule has 1 saturated heterocycles. The number of ether oxygens (including phenoxy) is 2. The smallest absolute Gasteiger partial charge is 0.334 e. The molecule has 0 radical (unpaired) electrons. The standard InChI is InChI=1S/C17H24O5/c1-9-6-14-12(10(2)16(20)22-14)7-17(8-21-11(3)18)13(9)4-5-15(17)19/h9,12-15,19H,2,4-8H2,1,3H3/t9-,12+,13+,14-,15+,17-/m1/s1. The van der Waals surface area contributed by atoms with Crippen molar-refractivity contribution in [1.29, 1.82) is 0 Å². The van der Waals surface area contributed by atoms with Crippen LogP contribution in [0.15, 0.2) is 12.2 Å². The van der Waals surface area contributed by atoms with Crippen molar-refractivity contribution in [3.05, 3.63) is 12.2 Å². The first-order valence-corrected chi connectivity index (χ1v) is 8.06. The third-order valence-electron chi connectivity index (χ3n) is 6.01. The van der Waals surface area contributed by atoms with Crippen LogP contribution in [0.4, 0.5) is 0 Å². The molecule has 0 unspecified atom stereocenters. The lowest BCUT2D eigenvalue weighted by Crippen LogP contribution is -2.43. The van der Waals surface area contributed by atoms with E-state index in [0.717, 1.165) is 19.3 Å². The zero-order valence-corrected chi connectivity index (χ0v) is 13.2. The number of rotatable bonds is 2. The Bertz CT molecular complexity index is 513. The van der Waals surface area contributed by atoms with Gasteiger partial charge in [0, 0.05) is 23.8 Å². The van der Waals surface area contributed by atoms with Gasteiger partial charge in [0.05, 0.1) is 12.7 Å². The number of hydrogen-bond acceptors (Lipinski definition) is 5. The van der Waals surface area contributed by atoms with Gasteiger partial charge in [-0.05, 0) is 37.5 Å². The fourth-order valence-corrected chi connectivity index (χ4v) is 4.87. The Labute approximate surface area is 130 Å². The minimum atomic E-state index is -0.512. The molecule has 122 valence electrons. The van der Waals surface area contributed by atoms with Crippen molar-refractivity contribution in [2.24, 2.45) is 23.2 Å². The lowest BCUT2D eigenvalue weighted by molar-refractivity contribution is -0.150. The molecule has 0 aromatic carbocycles. The summed E-state index contributed by atoms with van der Waals surface area (Å²) in [4.78, 5) is 23.1. The predicted octanol–water partition coefficient (Wildman–Crippen LogP) is 1.83. The number of fused-ring (bicyclic) bond motifs is 2. The van der Waals surface area contributed by atoms with E-state index >= 15 is 0 Å². The molecule has 22 heavy (non-hydrogen) atoms. The van der Waals surface area contributed by atoms with Gasteiger partial charge in [0.25, 0.3) is 0 Å². The second-order valence-electron chi connectivity index (χ2n) is 7.21. The Morgan fingerprint density at radius 2 is 2.23 bits per heavy atom. The van der Waals surface area contributed by atoms with Crippen LogP contribution in [0.5, 0.6) is 0 Å². The van der Waals surface area contributed by atoms with Crippen LogP contribution in [-0.2, 0) is 19.1 Å². The summed E-state index contributed by atoms with van der Waals surface area (Å²) in [5, 5.41) is 10.7. The van der Waals surface area contributed by atoms with Crippen LogP contribution in [0.1, 0.15) is 39.5 Å². The van der Waals surface area contributed by atoms with Gasteiger partial charge in [-0.3, -0.25) is 4.79 Å². The fourth-order valence-electron chi connectivity index (χ4n) is 4.87. The third kappa shape index (κ3) is 2.26. The van der Waals surface area contributed by atoms with E-state index < -0.39 is 11.5 Å². The molecule has 2 saturated carbocycles. The number of carbonyl (C=O) groups is 2. The first-order chi connectivity index (χ1) is 10.3. The molecular weight excluding hydrogens is 284 g/mol. The maximum Gasteiger partial charge on any atom is 0.334 e. The fraction of sp³-hybridized carbons (Fsp3) is 0.765. The maximum atomic E-state index is 11.8. The molecule has 1 aliphatic heterocycles. The molecule has 5 heteroatoms. The topological polar surface area (TPSA) is 72.8 Å². The van der Waals surface area contributed by atoms with Crippen LogP contribution in [0.3, 0.4) is 0 Å². The van der Waals surface area contributed by atoms with E-state index in [-0.39, 0.29) is 36.5 Å². The monoisotopic (exact) mass is 308 g/mol. The van der Waals surface area contributed by atoms with Crippen LogP contribution in [0.25, 0.3) is 0 Å². The lowest BCUT2D eigenvalue weighted by atomic mass is 9.68. The van der Waals surface area contributed by atoms with Crippen LogP contribution < -0.4 is 0 Å². The first-order valence-electron chi connectivity index (χ1n) is 8.06. The van der Waals surface area contributed by atoms with Gasteiger partial charge >= 0.3 is 11.9 Å². The van der Waals surface area contributed by atoms with Gasteiger partial charge in [0.1, 0.15) is 6.10 Å². The summed E-state index contributed by atoms with van der Waals surface area (Å²) in [6.07, 6.45) is 2.36. The summed E-state index contributed by atoms with van der Waals surface area (Å²) >= 11 is 0. The van der Waals surface area contributed by atoms with E-state index in [9.17, 15) is 14.7 Å². The predicted molar refractivity (Wildman–Crippen MR) is 78.7 cm³/mol. The van der Waals surface area contributed by atoms with Crippen molar-refractivity contribution in [2.45, 2.75) is 51.7 Å². The summed E-state index contributed by atoms with van der Waals surface area (Å²) in [5.74, 6) is -0.155. The normalized spacial score (nSPS) is 44.0. The Morgan fingerprint density at radius 3 is 2.91 bits per heavy atom. The Hall–Kier alpha value is -1.36. The maximum absolute atomic E-state index is 11.8. The highest BCUT2D eigenvalue weighted by atomic mass is 16.6. The summed E-state index contributed by atoms with van der Waals surface area (Å²) in [6.45, 7) is 7.63. The second kappa shape index (κ2) is 5.37. The zero-order chi connectivity index (χ0) is 16.1. The van der Waals surface area contributed by atoms with E-state index in [4.69, 9.17) is 9.47 Å². The molecular formula is C17H24O5. The van der Waals surface area contributed by atoms with Gasteiger partial charge in [0.15, 0.2) is 0 Å². The molecule has 0 spiro atoms. The SMILES string of the molecule is C=C1C(=O)O[C@@H]2C[C@@H](C)[C@@H]3CC[C@H](O)[C@@]3(COC(C)=O)C[C@@H]12. The van der Waals surface area contributed by atoms with E-state index in [1.54, 1.807) is 0 Å². The molecule has 0 aromatic rings. The highest BCUT2D eigenvalue weighted by Gasteiger charge is 2.58. The molecule has 1 heterocycles. The molecule has 3 aliphatic rings. The summed E-state index contributed by atoms with van der Waals surface area (Å²) in [6, 6.07) is 0. The van der Waals surface area contributed by atoms with Gasteiger partial charge in [-0.2, -0.15) is 0 Å². The number of hydrogen-bond donors (Lipinski definition) is 1. The Kier molecular flexibility index (Phi) is 3.79. The van der Waals surface area contributed by atoms with E-state index in [1.807, 2.05) is 0 Å². The van der Waals surface area contributed by atoms with E-state index in [0.29, 0.717) is 17.9 Å². The average molecular weight is 308 g/mol. The average Bonchev–Trinajstić information content (AvgIpc) is 2.85. The van der Waals surface area contributed by atoms with Gasteiger partial charge in [-0.15, -0.1) is 0 Å². The minimum Gasteiger partial charge on any atom is -0.465 e. The molecule has 0 aromatic heterocycles. The highest BCUT2D eigenvalue weighted by Crippen LogP contribution is 2.57. The van der Waals surface area contributed by atoms with Crippen molar-refractivity contribution in [1.82, 2.24) is 0 Å². The van der Waals surface area contributed by atoms with Gasteiger partial charge < -0.3 is 14.6 Å². The van der Waals surface area contributed by atoms with E-state index in [2.05, 4.69) is 13.5 Å². The van der Waals surface area contributed by atoms with Crippen molar-refractivity contribution < 1.29 is 24.2 Å². The van der Waals surface area contributed by atoms with Gasteiger partial charge in [-0.25, -0.2) is 4.79 Å². The van der Waals surface area contributed by atoms with Crippen molar-refractivity contribution in [3.63, 3.8) is 0 Å². The first kappa shape index (κ1) is 15.5. The molecule has 0 amide bonds. The summed E-state index contributed by atoms with van der Waals surface area (Å²) in [5.41, 5.74) is 0.0145. The van der Waals surface area contributed by atoms with Crippen LogP contribution in [0, 0.1) is 23.2 Å². The molecule has 3 rings (SSSR count). The van der Waals surface area contributed by atoms with Crippen molar-refractivity contribution in [2.75, 3.05) is 6.61 Å². The molecule has 0 bridgehead atoms. The van der Waals surface area contributed by atoms with Crippen LogP contribution in [0.2, 0.25) is 0 Å². The van der Waals surface area contributed by atoms with Crippen LogP contribution >= 0.6 is 0 Å². The molecule has 1 N–H and O–H groups in total. The molecule has 6 atom stereocenters. The Balaban J connectivity index is 1.95. The number of esters is 2. The van der Waals surface area contributed by atoms with Gasteiger partial charge in [-0.1, -0.05) is 13.5 Å². The minimum absolute atomic E-state index is 0.0803. The van der Waals surface area contributed by atoms with Crippen molar-refractivity contribution in [3.8, 4) is 0 Å². The number of carbonyl (C=O) groups excluding carboxylic acids is 2. The number of aliphatic hydroxyl groups is 1. The number of aliphatic hydroxyl groups excluding tert-OH is 1. The van der Waals surface area contributed by atoms with E-state index in [1.165, 1.54) is 6.92 Å². The van der Waals surface area contributed by atoms with Crippen molar-refractivity contribution >= 4 is 11.9 Å². The third-order valence-corrected chi connectivity index (χ3v) is 6.01. The molecule has 3 fully saturated rings. The Morgan fingerprint density at radius 1 is 1.50 bits per heavy atom. The van der Waals surface area contributed by atoms with Crippen LogP contribution in [-0.4, -0.2) is 35.9 Å². The van der Waals surface area contributed by atoms with Gasteiger partial charge in [0.2, 0.25) is 0 Å². The summed E-state index contributed by atoms with van der Waals surface area (Å²) in [7, 11) is 0. The second-order valence-corrected chi connectivity index (χ2v) is 7.21. The molecule has 2 aliphatic carbocycles. The lowest BCUT2D eigenvalue weighted by Gasteiger charge is -2.39. The zero-order valence-electron chi connectivity index (χ0n) is 13.2. The quantitative estimate of drug-likeness (QED) is 0.622. The largest absolute Gasteiger partial charge is 0.465 e.